The van der Waals surface area contributed by atoms with E-state index in [2.05, 4.69) is 10.6 Å². The zero-order valence-electron chi connectivity index (χ0n) is 12.3. The number of carbonyl (C=O) groups is 2. The van der Waals surface area contributed by atoms with Crippen molar-refractivity contribution in [2.75, 3.05) is 11.1 Å². The van der Waals surface area contributed by atoms with Crippen LogP contribution in [0.15, 0.2) is 41.3 Å². The third kappa shape index (κ3) is 4.63. The van der Waals surface area contributed by atoms with Gasteiger partial charge in [-0.15, -0.1) is 11.8 Å². The first-order valence-electron chi connectivity index (χ1n) is 7.06. The summed E-state index contributed by atoms with van der Waals surface area (Å²) in [5, 5.41) is 5.85. The molecule has 0 aromatic heterocycles. The summed E-state index contributed by atoms with van der Waals surface area (Å²) >= 11 is 1.58. The van der Waals surface area contributed by atoms with Crippen molar-refractivity contribution in [3.05, 3.63) is 36.4 Å². The fraction of sp³-hybridized carbons (Fsp3) is 0.375. The van der Waals surface area contributed by atoms with Crippen molar-refractivity contribution in [3.8, 4) is 0 Å². The molecule has 0 bridgehead atoms. The molecule has 21 heavy (non-hydrogen) atoms. The molecule has 1 aromatic carbocycles. The summed E-state index contributed by atoms with van der Waals surface area (Å²) in [4.78, 5) is 24.9. The van der Waals surface area contributed by atoms with E-state index in [9.17, 15) is 9.59 Å². The second-order valence-electron chi connectivity index (χ2n) is 5.28. The minimum Gasteiger partial charge on any atom is -0.350 e. The van der Waals surface area contributed by atoms with Crippen LogP contribution in [0.5, 0.6) is 0 Å². The van der Waals surface area contributed by atoms with Gasteiger partial charge in [-0.05, 0) is 18.1 Å². The number of anilines is 1. The Kier molecular flexibility index (Phi) is 5.44. The summed E-state index contributed by atoms with van der Waals surface area (Å²) in [6.45, 7) is 4.03. The highest BCUT2D eigenvalue weighted by Gasteiger charge is 2.15. The Morgan fingerprint density at radius 2 is 2.00 bits per heavy atom. The molecule has 5 heteroatoms. The van der Waals surface area contributed by atoms with E-state index in [0.717, 1.165) is 10.6 Å². The second kappa shape index (κ2) is 7.31. The summed E-state index contributed by atoms with van der Waals surface area (Å²) in [5.41, 5.74) is 0.791. The Balaban J connectivity index is 2.24. The first kappa shape index (κ1) is 15.6. The first-order valence-corrected chi connectivity index (χ1v) is 8.05. The number of thioether (sulfide) groups is 1. The van der Waals surface area contributed by atoms with Crippen molar-refractivity contribution in [1.29, 1.82) is 0 Å². The van der Waals surface area contributed by atoms with Crippen molar-refractivity contribution in [1.82, 2.24) is 5.32 Å². The molecule has 0 spiro atoms. The van der Waals surface area contributed by atoms with Crippen LogP contribution < -0.4 is 10.6 Å². The normalized spacial score (nSPS) is 21.6. The summed E-state index contributed by atoms with van der Waals surface area (Å²) in [6.07, 6.45) is 3.72. The van der Waals surface area contributed by atoms with Gasteiger partial charge in [-0.3, -0.25) is 9.59 Å². The fourth-order valence-corrected chi connectivity index (χ4v) is 2.97. The molecule has 0 unspecified atom stereocenters. The molecular formula is C16H20N2O2S. The largest absolute Gasteiger partial charge is 0.350 e. The minimum atomic E-state index is -0.177. The molecular weight excluding hydrogens is 284 g/mol. The fourth-order valence-electron chi connectivity index (χ4n) is 2.01. The Morgan fingerprint density at radius 1 is 1.24 bits per heavy atom. The third-order valence-corrected chi connectivity index (χ3v) is 4.31. The van der Waals surface area contributed by atoms with Crippen molar-refractivity contribution in [3.63, 3.8) is 0 Å². The molecule has 0 saturated carbocycles. The maximum Gasteiger partial charge on any atom is 0.248 e. The standard InChI is InChI=1S/C16H20N2O2S/c1-11(2)12-7-8-15(19)18-13-5-3-4-6-14(13)21-10-9-16(20)17-12/h3-8,11-12H,9-10H2,1-2H3,(H,17,20)(H,18,19)/b8-7+/t12-/m1/s1. The van der Waals surface area contributed by atoms with Crippen LogP contribution in [0.1, 0.15) is 20.3 Å². The minimum absolute atomic E-state index is 0.0179. The third-order valence-electron chi connectivity index (χ3n) is 3.23. The number of nitrogens with one attached hydrogen (secondary N) is 2. The number of rotatable bonds is 1. The van der Waals surface area contributed by atoms with Crippen LogP contribution in [0, 0.1) is 5.92 Å². The summed E-state index contributed by atoms with van der Waals surface area (Å²) in [5.74, 6) is 0.765. The zero-order chi connectivity index (χ0) is 15.2. The van der Waals surface area contributed by atoms with Gasteiger partial charge in [0.1, 0.15) is 0 Å². The van der Waals surface area contributed by atoms with Crippen LogP contribution in [0.2, 0.25) is 0 Å². The monoisotopic (exact) mass is 304 g/mol. The average molecular weight is 304 g/mol. The SMILES string of the molecule is CC(C)[C@H]1/C=C/C(=O)Nc2ccccc2SCCC(=O)N1. The molecule has 0 aliphatic carbocycles. The van der Waals surface area contributed by atoms with E-state index < -0.39 is 0 Å². The lowest BCUT2D eigenvalue weighted by Crippen LogP contribution is -2.37. The predicted octanol–water partition coefficient (Wildman–Crippen LogP) is 2.82. The first-order chi connectivity index (χ1) is 10.1. The Labute approximate surface area is 129 Å². The average Bonchev–Trinajstić information content (AvgIpc) is 2.43. The van der Waals surface area contributed by atoms with E-state index in [4.69, 9.17) is 0 Å². The van der Waals surface area contributed by atoms with Gasteiger partial charge in [-0.2, -0.15) is 0 Å². The van der Waals surface area contributed by atoms with Gasteiger partial charge < -0.3 is 10.6 Å². The van der Waals surface area contributed by atoms with Crippen LogP contribution in [-0.2, 0) is 9.59 Å². The zero-order valence-corrected chi connectivity index (χ0v) is 13.1. The van der Waals surface area contributed by atoms with E-state index in [1.54, 1.807) is 17.8 Å². The van der Waals surface area contributed by atoms with Gasteiger partial charge in [-0.1, -0.05) is 32.1 Å². The lowest BCUT2D eigenvalue weighted by atomic mass is 10.0. The van der Waals surface area contributed by atoms with Crippen molar-refractivity contribution in [2.45, 2.75) is 31.2 Å². The van der Waals surface area contributed by atoms with Crippen molar-refractivity contribution < 1.29 is 9.59 Å². The molecule has 0 fully saturated rings. The van der Waals surface area contributed by atoms with Gasteiger partial charge in [-0.25, -0.2) is 0 Å². The molecule has 2 amide bonds. The molecule has 2 N–H and O–H groups in total. The van der Waals surface area contributed by atoms with E-state index >= 15 is 0 Å². The number of hydrogen-bond donors (Lipinski definition) is 2. The molecule has 112 valence electrons. The van der Waals surface area contributed by atoms with Crippen molar-refractivity contribution in [2.24, 2.45) is 5.92 Å². The molecule has 1 aromatic rings. The van der Waals surface area contributed by atoms with Crippen LogP contribution in [-0.4, -0.2) is 23.6 Å². The molecule has 1 heterocycles. The molecule has 0 saturated heterocycles. The Bertz CT molecular complexity index is 555. The topological polar surface area (TPSA) is 58.2 Å². The highest BCUT2D eigenvalue weighted by Crippen LogP contribution is 2.27. The van der Waals surface area contributed by atoms with E-state index in [1.807, 2.05) is 38.1 Å². The highest BCUT2D eigenvalue weighted by atomic mass is 32.2. The van der Waals surface area contributed by atoms with Crippen LogP contribution in [0.3, 0.4) is 0 Å². The quantitative estimate of drug-likeness (QED) is 0.839. The van der Waals surface area contributed by atoms with Gasteiger partial charge in [0.15, 0.2) is 0 Å². The van der Waals surface area contributed by atoms with E-state index in [-0.39, 0.29) is 23.8 Å². The van der Waals surface area contributed by atoms with Crippen LogP contribution in [0.25, 0.3) is 0 Å². The lowest BCUT2D eigenvalue weighted by Gasteiger charge is -2.19. The van der Waals surface area contributed by atoms with Gasteiger partial charge in [0.25, 0.3) is 0 Å². The number of amides is 2. The predicted molar refractivity (Wildman–Crippen MR) is 86.3 cm³/mol. The van der Waals surface area contributed by atoms with E-state index in [0.29, 0.717) is 12.2 Å². The maximum absolute atomic E-state index is 12.0. The smallest absolute Gasteiger partial charge is 0.248 e. The lowest BCUT2D eigenvalue weighted by molar-refractivity contribution is -0.121. The number of hydrogen-bond acceptors (Lipinski definition) is 3. The molecule has 1 aliphatic heterocycles. The molecule has 1 atom stereocenters. The van der Waals surface area contributed by atoms with Crippen LogP contribution in [0.4, 0.5) is 5.69 Å². The van der Waals surface area contributed by atoms with Gasteiger partial charge in [0, 0.05) is 29.2 Å². The number of carbonyl (C=O) groups excluding carboxylic acids is 2. The molecule has 2 rings (SSSR count). The maximum atomic E-state index is 12.0. The van der Waals surface area contributed by atoms with Gasteiger partial charge >= 0.3 is 0 Å². The number of fused-ring (bicyclic) bond motifs is 1. The highest BCUT2D eigenvalue weighted by molar-refractivity contribution is 7.99. The Hall–Kier alpha value is -1.75. The van der Waals surface area contributed by atoms with Gasteiger partial charge in [0.2, 0.25) is 11.8 Å². The van der Waals surface area contributed by atoms with Crippen LogP contribution >= 0.6 is 11.8 Å². The molecule has 4 nitrogen and oxygen atoms in total. The summed E-state index contributed by atoms with van der Waals surface area (Å²) in [6, 6.07) is 7.51. The molecule has 1 aliphatic rings. The second-order valence-corrected chi connectivity index (χ2v) is 6.42. The van der Waals surface area contributed by atoms with E-state index in [1.165, 1.54) is 6.08 Å². The number of benzene rings is 1. The van der Waals surface area contributed by atoms with Crippen molar-refractivity contribution >= 4 is 29.3 Å². The Morgan fingerprint density at radius 3 is 2.76 bits per heavy atom. The summed E-state index contributed by atoms with van der Waals surface area (Å²) < 4.78 is 0. The molecule has 0 radical (unpaired) electrons. The van der Waals surface area contributed by atoms with Gasteiger partial charge in [0.05, 0.1) is 5.69 Å². The number of para-hydroxylation sites is 1. The summed E-state index contributed by atoms with van der Waals surface area (Å²) in [7, 11) is 0.